The molecule has 21 heavy (non-hydrogen) atoms. The summed E-state index contributed by atoms with van der Waals surface area (Å²) < 4.78 is 4.07. The van der Waals surface area contributed by atoms with Gasteiger partial charge in [-0.05, 0) is 68.3 Å². The molecule has 0 amide bonds. The molecule has 2 rings (SSSR count). The molecule has 0 saturated carbocycles. The van der Waals surface area contributed by atoms with Gasteiger partial charge in [-0.1, -0.05) is 43.6 Å². The molecule has 0 aliphatic heterocycles. The first kappa shape index (κ1) is 18.7. The molecule has 0 nitrogen and oxygen atoms in total. The van der Waals surface area contributed by atoms with E-state index in [2.05, 4.69) is 100 Å². The molecule has 0 aliphatic carbocycles. The molecule has 112 valence electrons. The SMILES string of the molecule is BrCSc1ccc(Sc2ccc(SCBr)cc2Br)c(Br)c1. The Morgan fingerprint density at radius 1 is 0.714 bits per heavy atom. The lowest BCUT2D eigenvalue weighted by molar-refractivity contribution is 1.28. The minimum atomic E-state index is 0.907. The molecule has 0 aromatic heterocycles. The maximum atomic E-state index is 3.66. The molecule has 7 heteroatoms. The Balaban J connectivity index is 2.18. The molecule has 0 radical (unpaired) electrons. The fraction of sp³-hybridized carbons (Fsp3) is 0.143. The summed E-state index contributed by atoms with van der Waals surface area (Å²) in [6.45, 7) is 0. The summed E-state index contributed by atoms with van der Waals surface area (Å²) in [7, 11) is 0. The van der Waals surface area contributed by atoms with Gasteiger partial charge < -0.3 is 0 Å². The lowest BCUT2D eigenvalue weighted by Gasteiger charge is -2.09. The number of thioether (sulfide) groups is 2. The number of hydrogen-bond acceptors (Lipinski definition) is 3. The van der Waals surface area contributed by atoms with Gasteiger partial charge >= 0.3 is 0 Å². The summed E-state index contributed by atoms with van der Waals surface area (Å²) in [6, 6.07) is 13.0. The number of benzene rings is 2. The topological polar surface area (TPSA) is 0 Å². The van der Waals surface area contributed by atoms with Crippen LogP contribution in [0.3, 0.4) is 0 Å². The van der Waals surface area contributed by atoms with Crippen molar-refractivity contribution in [1.82, 2.24) is 0 Å². The van der Waals surface area contributed by atoms with Crippen molar-refractivity contribution >= 4 is 99.0 Å². The fourth-order valence-electron chi connectivity index (χ4n) is 1.55. The van der Waals surface area contributed by atoms with Crippen molar-refractivity contribution in [3.05, 3.63) is 45.3 Å². The van der Waals surface area contributed by atoms with Crippen LogP contribution >= 0.6 is 99.0 Å². The second kappa shape index (κ2) is 9.64. The van der Waals surface area contributed by atoms with Crippen LogP contribution in [0, 0.1) is 0 Å². The molecule has 0 unspecified atom stereocenters. The summed E-state index contributed by atoms with van der Waals surface area (Å²) >= 11 is 19.5. The lowest BCUT2D eigenvalue weighted by atomic mass is 10.4. The van der Waals surface area contributed by atoms with Crippen molar-refractivity contribution in [3.8, 4) is 0 Å². The van der Waals surface area contributed by atoms with Gasteiger partial charge in [-0.3, -0.25) is 0 Å². The largest absolute Gasteiger partial charge is 0.115 e. The third-order valence-electron chi connectivity index (χ3n) is 2.47. The molecule has 0 spiro atoms. The Labute approximate surface area is 171 Å². The van der Waals surface area contributed by atoms with Gasteiger partial charge in [0.15, 0.2) is 0 Å². The quantitative estimate of drug-likeness (QED) is 0.244. The maximum absolute atomic E-state index is 3.66. The smallest absolute Gasteiger partial charge is 0.0537 e. The van der Waals surface area contributed by atoms with Crippen LogP contribution in [0.4, 0.5) is 0 Å². The van der Waals surface area contributed by atoms with Gasteiger partial charge in [0, 0.05) is 28.5 Å². The van der Waals surface area contributed by atoms with Crippen molar-refractivity contribution in [2.75, 3.05) is 9.32 Å². The average molecular weight is 594 g/mol. The van der Waals surface area contributed by atoms with E-state index in [4.69, 9.17) is 0 Å². The zero-order valence-corrected chi connectivity index (χ0v) is 19.4. The minimum absolute atomic E-state index is 0.907. The highest BCUT2D eigenvalue weighted by molar-refractivity contribution is 9.11. The third-order valence-corrected chi connectivity index (χ3v) is 8.22. The fourth-order valence-corrected chi connectivity index (χ4v) is 6.49. The van der Waals surface area contributed by atoms with E-state index in [1.54, 1.807) is 35.3 Å². The zero-order chi connectivity index (χ0) is 15.2. The van der Waals surface area contributed by atoms with E-state index in [1.807, 2.05) is 0 Å². The Bertz CT molecular complexity index is 566. The van der Waals surface area contributed by atoms with Gasteiger partial charge in [-0.2, -0.15) is 0 Å². The Morgan fingerprint density at radius 3 is 1.48 bits per heavy atom. The molecule has 0 saturated heterocycles. The van der Waals surface area contributed by atoms with Crippen molar-refractivity contribution in [1.29, 1.82) is 0 Å². The molecule has 0 bridgehead atoms. The summed E-state index contributed by atoms with van der Waals surface area (Å²) in [6.07, 6.45) is 0. The van der Waals surface area contributed by atoms with Gasteiger partial charge in [-0.15, -0.1) is 23.5 Å². The summed E-state index contributed by atoms with van der Waals surface area (Å²) in [4.78, 5) is 4.95. The zero-order valence-electron chi connectivity index (χ0n) is 10.6. The van der Waals surface area contributed by atoms with Crippen molar-refractivity contribution in [2.24, 2.45) is 0 Å². The molecule has 0 heterocycles. The minimum Gasteiger partial charge on any atom is -0.115 e. The number of rotatable bonds is 6. The van der Waals surface area contributed by atoms with Crippen LogP contribution in [-0.4, -0.2) is 9.32 Å². The second-order valence-electron chi connectivity index (χ2n) is 3.79. The Kier molecular flexibility index (Phi) is 8.61. The van der Waals surface area contributed by atoms with E-state index in [0.717, 1.165) is 18.3 Å². The first-order valence-corrected chi connectivity index (χ1v) is 12.4. The molecular weight excluding hydrogens is 584 g/mol. The van der Waals surface area contributed by atoms with E-state index in [0.29, 0.717) is 0 Å². The monoisotopic (exact) mass is 590 g/mol. The van der Waals surface area contributed by atoms with E-state index in [-0.39, 0.29) is 0 Å². The van der Waals surface area contributed by atoms with Crippen LogP contribution in [0.25, 0.3) is 0 Å². The highest BCUT2D eigenvalue weighted by Crippen LogP contribution is 2.40. The molecule has 0 fully saturated rings. The summed E-state index contributed by atoms with van der Waals surface area (Å²) in [5.74, 6) is 0. The third kappa shape index (κ3) is 5.76. The van der Waals surface area contributed by atoms with Crippen LogP contribution < -0.4 is 0 Å². The highest BCUT2D eigenvalue weighted by Gasteiger charge is 2.08. The first-order chi connectivity index (χ1) is 10.1. The van der Waals surface area contributed by atoms with Gasteiger partial charge in [0.1, 0.15) is 0 Å². The van der Waals surface area contributed by atoms with E-state index in [1.165, 1.54) is 19.6 Å². The normalized spacial score (nSPS) is 10.9. The molecule has 0 atom stereocenters. The average Bonchev–Trinajstić information content (AvgIpc) is 2.45. The second-order valence-corrected chi connectivity index (χ2v) is 11.3. The van der Waals surface area contributed by atoms with Crippen molar-refractivity contribution in [2.45, 2.75) is 19.6 Å². The molecule has 0 aliphatic rings. The predicted molar refractivity (Wildman–Crippen MR) is 112 cm³/mol. The van der Waals surface area contributed by atoms with Crippen LogP contribution in [0.15, 0.2) is 64.9 Å². The summed E-state index contributed by atoms with van der Waals surface area (Å²) in [5.41, 5.74) is 0. The summed E-state index contributed by atoms with van der Waals surface area (Å²) in [5, 5.41) is 0. The molecular formula is C14H10Br4S3. The van der Waals surface area contributed by atoms with Crippen LogP contribution in [0.1, 0.15) is 0 Å². The van der Waals surface area contributed by atoms with E-state index < -0.39 is 0 Å². The predicted octanol–water partition coefficient (Wildman–Crippen LogP) is 8.25. The standard InChI is InChI=1S/C14H10Br4S3/c15-7-19-9-1-3-13(11(17)5-9)21-14-4-2-10(20-8-16)6-12(14)18/h1-6H,7-8H2. The van der Waals surface area contributed by atoms with Gasteiger partial charge in [0.05, 0.1) is 9.32 Å². The van der Waals surface area contributed by atoms with Crippen molar-refractivity contribution in [3.63, 3.8) is 0 Å². The molecule has 2 aromatic rings. The van der Waals surface area contributed by atoms with E-state index >= 15 is 0 Å². The molecule has 2 aromatic carbocycles. The number of halogens is 4. The first-order valence-electron chi connectivity index (χ1n) is 5.78. The highest BCUT2D eigenvalue weighted by atomic mass is 79.9. The Morgan fingerprint density at radius 2 is 1.14 bits per heavy atom. The number of hydrogen-bond donors (Lipinski definition) is 0. The molecule has 0 N–H and O–H groups in total. The van der Waals surface area contributed by atoms with E-state index in [9.17, 15) is 0 Å². The van der Waals surface area contributed by atoms with Crippen LogP contribution in [0.2, 0.25) is 0 Å². The van der Waals surface area contributed by atoms with Gasteiger partial charge in [0.2, 0.25) is 0 Å². The van der Waals surface area contributed by atoms with Crippen molar-refractivity contribution < 1.29 is 0 Å². The van der Waals surface area contributed by atoms with Crippen LogP contribution in [0.5, 0.6) is 0 Å². The van der Waals surface area contributed by atoms with Gasteiger partial charge in [0.25, 0.3) is 0 Å². The number of alkyl halides is 2. The maximum Gasteiger partial charge on any atom is 0.0537 e. The lowest BCUT2D eigenvalue weighted by Crippen LogP contribution is -1.81. The Hall–Kier alpha value is 1.41. The van der Waals surface area contributed by atoms with Crippen LogP contribution in [-0.2, 0) is 0 Å². The van der Waals surface area contributed by atoms with Gasteiger partial charge in [-0.25, -0.2) is 0 Å².